The minimum absolute atomic E-state index is 0.0420. The predicted octanol–water partition coefficient (Wildman–Crippen LogP) is -0.241. The van der Waals surface area contributed by atoms with Crippen LogP contribution in [0.25, 0.3) is 0 Å². The zero-order valence-corrected chi connectivity index (χ0v) is 13.3. The van der Waals surface area contributed by atoms with Gasteiger partial charge in [-0.1, -0.05) is 0 Å². The molecule has 3 saturated heterocycles. The number of ether oxygens (including phenoxy) is 1. The second-order valence-electron chi connectivity index (χ2n) is 6.62. The summed E-state index contributed by atoms with van der Waals surface area (Å²) in [5, 5.41) is 24.4. The molecule has 2 N–H and O–H groups in total. The van der Waals surface area contributed by atoms with Crippen LogP contribution >= 0.6 is 0 Å². The van der Waals surface area contributed by atoms with Gasteiger partial charge in [-0.3, -0.25) is 9.69 Å². The Hall–Kier alpha value is -1.51. The molecule has 0 aliphatic carbocycles. The molecule has 1 aromatic rings. The molecule has 0 aromatic carbocycles. The molecule has 128 valence electrons. The SMILES string of the molecule is Cc1nncn1CCN1C[C@H]2[C@@H](CO)[C@@H]3CC[C@@]2(C1)O3.O=CO. The number of fused-ring (bicyclic) bond motifs is 1. The van der Waals surface area contributed by atoms with E-state index < -0.39 is 0 Å². The van der Waals surface area contributed by atoms with Crippen LogP contribution < -0.4 is 0 Å². The van der Waals surface area contributed by atoms with Crippen LogP contribution in [0, 0.1) is 18.8 Å². The van der Waals surface area contributed by atoms with Crippen molar-refractivity contribution in [1.82, 2.24) is 19.7 Å². The van der Waals surface area contributed by atoms with Crippen molar-refractivity contribution in [1.29, 1.82) is 0 Å². The normalized spacial score (nSPS) is 35.0. The van der Waals surface area contributed by atoms with E-state index in [0.29, 0.717) is 17.9 Å². The largest absolute Gasteiger partial charge is 0.483 e. The molecule has 3 aliphatic rings. The number of aromatic nitrogens is 3. The summed E-state index contributed by atoms with van der Waals surface area (Å²) in [5.74, 6) is 1.84. The fourth-order valence-corrected chi connectivity index (χ4v) is 4.48. The molecule has 23 heavy (non-hydrogen) atoms. The third-order valence-electron chi connectivity index (χ3n) is 5.53. The number of hydrogen-bond donors (Lipinski definition) is 2. The Kier molecular flexibility index (Phi) is 4.65. The van der Waals surface area contributed by atoms with Crippen LogP contribution in [0.4, 0.5) is 0 Å². The molecule has 3 aliphatic heterocycles. The molecule has 0 amide bonds. The molecule has 4 heterocycles. The van der Waals surface area contributed by atoms with Crippen molar-refractivity contribution in [2.24, 2.45) is 11.8 Å². The van der Waals surface area contributed by atoms with Crippen LogP contribution in [0.5, 0.6) is 0 Å². The number of carboxylic acid groups (broad SMARTS) is 1. The smallest absolute Gasteiger partial charge is 0.290 e. The van der Waals surface area contributed by atoms with Crippen molar-refractivity contribution in [3.05, 3.63) is 12.2 Å². The van der Waals surface area contributed by atoms with E-state index in [1.54, 1.807) is 6.33 Å². The molecular formula is C15H24N4O4. The zero-order chi connectivity index (χ0) is 16.4. The summed E-state index contributed by atoms with van der Waals surface area (Å²) in [4.78, 5) is 10.8. The fourth-order valence-electron chi connectivity index (χ4n) is 4.48. The summed E-state index contributed by atoms with van der Waals surface area (Å²) in [6.07, 6.45) is 4.40. The van der Waals surface area contributed by atoms with Gasteiger partial charge in [0.1, 0.15) is 12.2 Å². The van der Waals surface area contributed by atoms with E-state index >= 15 is 0 Å². The molecule has 8 nitrogen and oxygen atoms in total. The Morgan fingerprint density at radius 1 is 1.52 bits per heavy atom. The van der Waals surface area contributed by atoms with Crippen molar-refractivity contribution >= 4 is 6.47 Å². The molecule has 0 saturated carbocycles. The first-order valence-electron chi connectivity index (χ1n) is 8.07. The Labute approximate surface area is 135 Å². The second kappa shape index (κ2) is 6.54. The van der Waals surface area contributed by atoms with Crippen LogP contribution in [0.2, 0.25) is 0 Å². The Morgan fingerprint density at radius 3 is 2.96 bits per heavy atom. The fraction of sp³-hybridized carbons (Fsp3) is 0.800. The number of nitrogens with zero attached hydrogens (tertiary/aromatic N) is 4. The highest BCUT2D eigenvalue weighted by molar-refractivity contribution is 5.32. The van der Waals surface area contributed by atoms with Crippen molar-refractivity contribution in [2.75, 3.05) is 26.2 Å². The van der Waals surface area contributed by atoms with Gasteiger partial charge in [-0.15, -0.1) is 10.2 Å². The van der Waals surface area contributed by atoms with Crippen LogP contribution in [0.1, 0.15) is 18.7 Å². The van der Waals surface area contributed by atoms with Crippen molar-refractivity contribution in [3.63, 3.8) is 0 Å². The van der Waals surface area contributed by atoms with Gasteiger partial charge in [0, 0.05) is 44.6 Å². The highest BCUT2D eigenvalue weighted by atomic mass is 16.5. The summed E-state index contributed by atoms with van der Waals surface area (Å²) in [5.41, 5.74) is 0.0420. The number of carbonyl (C=O) groups is 1. The van der Waals surface area contributed by atoms with Crippen molar-refractivity contribution in [3.8, 4) is 0 Å². The van der Waals surface area contributed by atoms with Crippen LogP contribution in [0.3, 0.4) is 0 Å². The van der Waals surface area contributed by atoms with Gasteiger partial charge in [0.2, 0.25) is 0 Å². The van der Waals surface area contributed by atoms with E-state index in [1.165, 1.54) is 6.42 Å². The number of rotatable bonds is 4. The first-order valence-corrected chi connectivity index (χ1v) is 8.07. The van der Waals surface area contributed by atoms with Crippen LogP contribution in [0.15, 0.2) is 6.33 Å². The predicted molar refractivity (Wildman–Crippen MR) is 80.8 cm³/mol. The minimum Gasteiger partial charge on any atom is -0.483 e. The van der Waals surface area contributed by atoms with E-state index in [1.807, 2.05) is 6.92 Å². The van der Waals surface area contributed by atoms with Crippen molar-refractivity contribution < 1.29 is 19.7 Å². The van der Waals surface area contributed by atoms with Crippen molar-refractivity contribution in [2.45, 2.75) is 38.0 Å². The standard InChI is InChI=1S/C14H22N4O2.CH2O2/c1-10-16-15-9-18(10)5-4-17-6-12-11(7-19)13-2-3-14(12,8-17)20-13;2-1-3/h9,11-13,19H,2-8H2,1H3;1H,(H,2,3)/t11-,12+,13+,14+;/m1./s1. The summed E-state index contributed by atoms with van der Waals surface area (Å²) >= 11 is 0. The molecule has 4 atom stereocenters. The first kappa shape index (κ1) is 16.4. The third kappa shape index (κ3) is 2.86. The van der Waals surface area contributed by atoms with Gasteiger partial charge in [-0.05, 0) is 19.8 Å². The van der Waals surface area contributed by atoms with E-state index in [0.717, 1.165) is 38.4 Å². The number of aryl methyl sites for hydroxylation is 1. The Bertz CT molecular complexity index is 551. The molecule has 1 aromatic heterocycles. The average molecular weight is 324 g/mol. The lowest BCUT2D eigenvalue weighted by molar-refractivity contribution is -0.122. The molecule has 0 unspecified atom stereocenters. The van der Waals surface area contributed by atoms with Gasteiger partial charge < -0.3 is 19.5 Å². The monoisotopic (exact) mass is 324 g/mol. The van der Waals surface area contributed by atoms with E-state index in [2.05, 4.69) is 19.7 Å². The molecule has 3 fully saturated rings. The summed E-state index contributed by atoms with van der Waals surface area (Å²) in [6.45, 7) is 6.01. The topological polar surface area (TPSA) is 101 Å². The molecule has 8 heteroatoms. The van der Waals surface area contributed by atoms with Crippen LogP contribution in [-0.2, 0) is 16.1 Å². The van der Waals surface area contributed by atoms with Gasteiger partial charge in [0.15, 0.2) is 0 Å². The van der Waals surface area contributed by atoms with E-state index in [9.17, 15) is 5.11 Å². The minimum atomic E-state index is -0.250. The number of aliphatic hydroxyl groups is 1. The molecule has 0 radical (unpaired) electrons. The molecule has 2 bridgehead atoms. The number of aliphatic hydroxyl groups excluding tert-OH is 1. The number of hydrogen-bond acceptors (Lipinski definition) is 6. The summed E-state index contributed by atoms with van der Waals surface area (Å²) < 4.78 is 8.34. The van der Waals surface area contributed by atoms with Gasteiger partial charge in [0.05, 0.1) is 11.7 Å². The Balaban J connectivity index is 0.000000485. The van der Waals surface area contributed by atoms with E-state index in [-0.39, 0.29) is 18.7 Å². The number of likely N-dealkylation sites (tertiary alicyclic amines) is 1. The maximum absolute atomic E-state index is 9.62. The summed E-state index contributed by atoms with van der Waals surface area (Å²) in [7, 11) is 0. The lowest BCUT2D eigenvalue weighted by Crippen LogP contribution is -2.38. The lowest BCUT2D eigenvalue weighted by atomic mass is 9.74. The zero-order valence-electron chi connectivity index (χ0n) is 13.3. The van der Waals surface area contributed by atoms with Crippen LogP contribution in [-0.4, -0.2) is 74.3 Å². The highest BCUT2D eigenvalue weighted by Crippen LogP contribution is 2.54. The van der Waals surface area contributed by atoms with Gasteiger partial charge in [-0.2, -0.15) is 0 Å². The van der Waals surface area contributed by atoms with Gasteiger partial charge in [-0.25, -0.2) is 0 Å². The molecular weight excluding hydrogens is 300 g/mol. The second-order valence-corrected chi connectivity index (χ2v) is 6.62. The highest BCUT2D eigenvalue weighted by Gasteiger charge is 2.62. The Morgan fingerprint density at radius 2 is 2.30 bits per heavy atom. The van der Waals surface area contributed by atoms with Gasteiger partial charge in [0.25, 0.3) is 6.47 Å². The maximum atomic E-state index is 9.62. The molecule has 1 spiro atoms. The van der Waals surface area contributed by atoms with E-state index in [4.69, 9.17) is 14.6 Å². The third-order valence-corrected chi connectivity index (χ3v) is 5.53. The lowest BCUT2D eigenvalue weighted by Gasteiger charge is -2.28. The quantitative estimate of drug-likeness (QED) is 0.737. The average Bonchev–Trinajstić information content (AvgIpc) is 3.25. The molecule has 4 rings (SSSR count). The first-order chi connectivity index (χ1) is 11.1. The van der Waals surface area contributed by atoms with Gasteiger partial charge >= 0.3 is 0 Å². The summed E-state index contributed by atoms with van der Waals surface area (Å²) in [6, 6.07) is 0. The maximum Gasteiger partial charge on any atom is 0.290 e.